The Balaban J connectivity index is 1.56. The van der Waals surface area contributed by atoms with Crippen LogP contribution in [0.2, 0.25) is 0 Å². The number of amides is 2. The van der Waals surface area contributed by atoms with Crippen molar-refractivity contribution in [3.63, 3.8) is 0 Å². The number of nitrogens with zero attached hydrogens (tertiary/aromatic N) is 4. The molecule has 0 radical (unpaired) electrons. The van der Waals surface area contributed by atoms with E-state index in [-0.39, 0.29) is 28.5 Å². The number of imide groups is 1. The van der Waals surface area contributed by atoms with Crippen molar-refractivity contribution in [2.24, 2.45) is 0 Å². The van der Waals surface area contributed by atoms with Crippen molar-refractivity contribution in [3.8, 4) is 5.69 Å². The lowest BCUT2D eigenvalue weighted by molar-refractivity contribution is -0.140. The quantitative estimate of drug-likeness (QED) is 0.265. The van der Waals surface area contributed by atoms with Gasteiger partial charge < -0.3 is 33.4 Å². The molecule has 0 aliphatic carbocycles. The normalized spacial score (nSPS) is 17.6. The molecule has 1 aromatic carbocycles. The number of thioether (sulfide) groups is 1. The number of fused-ring (bicyclic) bond motifs is 1. The maximum atomic E-state index is 15.9. The molecular formula is C29H24FN4O12S2-. The fourth-order valence-electron chi connectivity index (χ4n) is 4.81. The molecule has 2 aliphatic heterocycles. The molecule has 0 atom stereocenters. The lowest BCUT2D eigenvalue weighted by Gasteiger charge is -2.21. The molecule has 48 heavy (non-hydrogen) atoms. The molecule has 16 nitrogen and oxygen atoms in total. The smallest absolute Gasteiger partial charge is 0.423 e. The molecule has 5 rings (SSSR count). The van der Waals surface area contributed by atoms with Gasteiger partial charge in [0, 0.05) is 35.3 Å². The van der Waals surface area contributed by atoms with Gasteiger partial charge in [0.15, 0.2) is 11.2 Å². The van der Waals surface area contributed by atoms with Crippen LogP contribution in [-0.4, -0.2) is 80.0 Å². The highest BCUT2D eigenvalue weighted by Crippen LogP contribution is 2.48. The van der Waals surface area contributed by atoms with E-state index in [0.29, 0.717) is 15.1 Å². The number of anilines is 1. The minimum Gasteiger partial charge on any atom is -0.748 e. The Kier molecular flexibility index (Phi) is 9.46. The summed E-state index contributed by atoms with van der Waals surface area (Å²) in [5, 5.41) is 18.4. The number of carboxylic acids is 2. The Bertz CT molecular complexity index is 2200. The summed E-state index contributed by atoms with van der Waals surface area (Å²) in [7, 11) is -4.53. The maximum Gasteiger partial charge on any atom is 0.423 e. The predicted molar refractivity (Wildman–Crippen MR) is 164 cm³/mol. The van der Waals surface area contributed by atoms with Crippen LogP contribution in [0.5, 0.6) is 0 Å². The highest BCUT2D eigenvalue weighted by Gasteiger charge is 2.40. The first-order chi connectivity index (χ1) is 22.6. The zero-order chi connectivity index (χ0) is 34.9. The summed E-state index contributed by atoms with van der Waals surface area (Å²) in [6, 6.07) is 8.98. The van der Waals surface area contributed by atoms with E-state index >= 15 is 4.39 Å². The van der Waals surface area contributed by atoms with Gasteiger partial charge in [-0.25, -0.2) is 22.5 Å². The number of benzene rings is 1. The molecule has 2 aliphatic rings. The first kappa shape index (κ1) is 33.9. The summed E-state index contributed by atoms with van der Waals surface area (Å²) in [4.78, 5) is 62.8. The van der Waals surface area contributed by atoms with Crippen LogP contribution in [0.3, 0.4) is 0 Å². The van der Waals surface area contributed by atoms with Crippen molar-refractivity contribution in [1.29, 1.82) is 0 Å². The molecule has 0 saturated carbocycles. The fraction of sp³-hybridized carbons (Fsp3) is 0.207. The summed E-state index contributed by atoms with van der Waals surface area (Å²) in [5.74, 6) is -6.76. The number of aromatic nitrogens is 2. The van der Waals surface area contributed by atoms with E-state index in [1.165, 1.54) is 11.8 Å². The van der Waals surface area contributed by atoms with Gasteiger partial charge in [-0.15, -0.1) is 0 Å². The summed E-state index contributed by atoms with van der Waals surface area (Å²) in [6.45, 7) is -0.744. The van der Waals surface area contributed by atoms with Gasteiger partial charge in [-0.05, 0) is 61.4 Å². The third-order valence-corrected chi connectivity index (χ3v) is 8.78. The number of cyclic esters (lactones) is 1. The SMILES string of the molecule is CC(=C/C(F)=C1/Sc2ccc(-n3cccc3)cc2N1CCCS(=O)(=O)[O-])C=c1o/c(=C2/OC(=O)N(CC(=O)O)C2=O)n(CC(=O)O)c1=O. The molecule has 252 valence electrons. The van der Waals surface area contributed by atoms with Gasteiger partial charge in [-0.1, -0.05) is 11.8 Å². The van der Waals surface area contributed by atoms with Crippen LogP contribution < -0.4 is 21.4 Å². The fourth-order valence-corrected chi connectivity index (χ4v) is 6.37. The van der Waals surface area contributed by atoms with Crippen molar-refractivity contribution in [2.45, 2.75) is 24.8 Å². The average molecular weight is 704 g/mol. The molecule has 2 amide bonds. The minimum absolute atomic E-state index is 0.0261. The van der Waals surface area contributed by atoms with Gasteiger partial charge in [0.1, 0.15) is 18.1 Å². The second-order valence-corrected chi connectivity index (χ2v) is 12.9. The van der Waals surface area contributed by atoms with Crippen LogP contribution in [0.4, 0.5) is 14.9 Å². The number of carboxylic acid groups (broad SMARTS) is 2. The largest absolute Gasteiger partial charge is 0.748 e. The third kappa shape index (κ3) is 7.27. The molecule has 1 fully saturated rings. The lowest BCUT2D eigenvalue weighted by Crippen LogP contribution is -2.36. The molecule has 0 unspecified atom stereocenters. The van der Waals surface area contributed by atoms with E-state index in [1.807, 2.05) is 22.8 Å². The number of halogens is 1. The monoisotopic (exact) mass is 703 g/mol. The van der Waals surface area contributed by atoms with Crippen LogP contribution in [0.25, 0.3) is 17.5 Å². The first-order valence-electron chi connectivity index (χ1n) is 13.8. The molecule has 1 saturated heterocycles. The van der Waals surface area contributed by atoms with Crippen LogP contribution in [0, 0.1) is 0 Å². The maximum absolute atomic E-state index is 15.9. The van der Waals surface area contributed by atoms with Gasteiger partial charge in [-0.2, -0.15) is 0 Å². The number of ether oxygens (including phenoxy) is 1. The number of carbonyl (C=O) groups excluding carboxylic acids is 2. The zero-order valence-corrected chi connectivity index (χ0v) is 26.3. The Labute approximate surface area is 273 Å². The molecule has 2 N–H and O–H groups in total. The van der Waals surface area contributed by atoms with Crippen molar-refractivity contribution in [1.82, 2.24) is 14.0 Å². The number of hydrogen-bond donors (Lipinski definition) is 2. The Morgan fingerprint density at radius 3 is 2.40 bits per heavy atom. The van der Waals surface area contributed by atoms with E-state index < -0.39 is 81.0 Å². The van der Waals surface area contributed by atoms with Gasteiger partial charge in [0.2, 0.25) is 0 Å². The highest BCUT2D eigenvalue weighted by molar-refractivity contribution is 8.03. The number of allylic oxidation sites excluding steroid dienone is 3. The van der Waals surface area contributed by atoms with Gasteiger partial charge in [0.05, 0.1) is 15.8 Å². The van der Waals surface area contributed by atoms with E-state index in [2.05, 4.69) is 0 Å². The summed E-state index contributed by atoms with van der Waals surface area (Å²) in [5.41, 5.74) is -1.05. The zero-order valence-electron chi connectivity index (χ0n) is 24.7. The Morgan fingerprint density at radius 1 is 1.06 bits per heavy atom. The third-order valence-electron chi connectivity index (χ3n) is 6.82. The van der Waals surface area contributed by atoms with Crippen molar-refractivity contribution in [3.05, 3.63) is 86.5 Å². The molecule has 4 heterocycles. The van der Waals surface area contributed by atoms with Crippen LogP contribution in [0.15, 0.2) is 79.3 Å². The molecule has 3 aromatic rings. The first-order valence-corrected chi connectivity index (χ1v) is 16.2. The van der Waals surface area contributed by atoms with Crippen LogP contribution >= 0.6 is 11.8 Å². The van der Waals surface area contributed by atoms with Gasteiger partial charge in [-0.3, -0.25) is 23.7 Å². The predicted octanol–water partition coefficient (Wildman–Crippen LogP) is 0.901. The van der Waals surface area contributed by atoms with Gasteiger partial charge >= 0.3 is 23.9 Å². The molecular weight excluding hydrogens is 679 g/mol. The summed E-state index contributed by atoms with van der Waals surface area (Å²) < 4.78 is 62.3. The summed E-state index contributed by atoms with van der Waals surface area (Å²) in [6.07, 6.45) is 4.20. The van der Waals surface area contributed by atoms with Crippen molar-refractivity contribution < 1.29 is 55.9 Å². The van der Waals surface area contributed by atoms with E-state index in [0.717, 1.165) is 29.6 Å². The Hall–Kier alpha value is -5.40. The second-order valence-electron chi connectivity index (χ2n) is 10.3. The van der Waals surface area contributed by atoms with E-state index in [1.54, 1.807) is 24.5 Å². The average Bonchev–Trinajstić information content (AvgIpc) is 3.77. The van der Waals surface area contributed by atoms with Crippen molar-refractivity contribution in [2.75, 3.05) is 23.7 Å². The van der Waals surface area contributed by atoms with E-state index in [9.17, 15) is 42.0 Å². The van der Waals surface area contributed by atoms with Crippen molar-refractivity contribution >= 4 is 63.3 Å². The standard InChI is InChI=1S/C29H25FN4O12S2/c1-16(12-20-25(39)33(14-22(35)36)27(45-20)24-26(40)34(15-23(37)38)29(41)46-24)11-18(30)28-32(9-4-10-48(42,43)44)19-13-17(5-6-21(19)47-28)31-7-2-3-8-31/h2-3,5-8,11-13H,4,9-10,14-15H2,1H3,(H,35,36)(H,37,38)(H,42,43,44)/p-1/b16-11?,20-12?,27-24+,28-18-. The molecule has 2 aromatic heterocycles. The minimum atomic E-state index is -4.53. The van der Waals surface area contributed by atoms with Gasteiger partial charge in [0.25, 0.3) is 16.9 Å². The summed E-state index contributed by atoms with van der Waals surface area (Å²) >= 11 is 1.05. The topological polar surface area (TPSA) is 222 Å². The number of oxazole rings is 1. The number of rotatable bonds is 11. The second kappa shape index (κ2) is 13.4. The van der Waals surface area contributed by atoms with Crippen LogP contribution in [0.1, 0.15) is 13.3 Å². The molecule has 0 bridgehead atoms. The lowest BCUT2D eigenvalue weighted by atomic mass is 10.2. The van der Waals surface area contributed by atoms with Crippen LogP contribution in [-0.2, 0) is 35.8 Å². The van der Waals surface area contributed by atoms with E-state index in [4.69, 9.17) is 14.3 Å². The number of hydrogen-bond acceptors (Lipinski definition) is 12. The number of carbonyl (C=O) groups is 4. The molecule has 0 spiro atoms. The molecule has 19 heteroatoms. The Morgan fingerprint density at radius 2 is 1.75 bits per heavy atom. The highest BCUT2D eigenvalue weighted by atomic mass is 32.2. The number of aliphatic carboxylic acids is 2.